The Kier molecular flexibility index (Phi) is 3.53. The van der Waals surface area contributed by atoms with Gasteiger partial charge in [0, 0.05) is 18.5 Å². The van der Waals surface area contributed by atoms with E-state index in [4.69, 9.17) is 0 Å². The van der Waals surface area contributed by atoms with Gasteiger partial charge in [0.05, 0.1) is 0 Å². The predicted molar refractivity (Wildman–Crippen MR) is 48.9 cm³/mol. The molecule has 0 saturated carbocycles. The topological polar surface area (TPSA) is 41.1 Å². The largest absolute Gasteiger partial charge is 0.352 e. The van der Waals surface area contributed by atoms with Gasteiger partial charge in [-0.05, 0) is 19.4 Å². The monoisotopic (exact) mass is 170 g/mol. The van der Waals surface area contributed by atoms with Crippen LogP contribution in [-0.4, -0.2) is 25.0 Å². The fourth-order valence-corrected chi connectivity index (χ4v) is 1.34. The summed E-state index contributed by atoms with van der Waals surface area (Å²) in [5, 5.41) is 6.28. The van der Waals surface area contributed by atoms with Gasteiger partial charge in [0.2, 0.25) is 5.91 Å². The van der Waals surface area contributed by atoms with Crippen LogP contribution in [0.4, 0.5) is 0 Å². The van der Waals surface area contributed by atoms with Crippen molar-refractivity contribution >= 4 is 5.91 Å². The Morgan fingerprint density at radius 2 is 2.33 bits per heavy atom. The molecule has 1 heterocycles. The number of hydrogen-bond donors (Lipinski definition) is 2. The molecular weight excluding hydrogens is 152 g/mol. The molecule has 2 N–H and O–H groups in total. The summed E-state index contributed by atoms with van der Waals surface area (Å²) >= 11 is 0. The van der Waals surface area contributed by atoms with Crippen molar-refractivity contribution in [2.45, 2.75) is 32.7 Å². The van der Waals surface area contributed by atoms with E-state index >= 15 is 0 Å². The van der Waals surface area contributed by atoms with E-state index in [1.165, 1.54) is 6.42 Å². The maximum atomic E-state index is 11.3. The van der Waals surface area contributed by atoms with Gasteiger partial charge < -0.3 is 10.6 Å². The second-order valence-corrected chi connectivity index (χ2v) is 3.71. The third-order valence-electron chi connectivity index (χ3n) is 2.17. The predicted octanol–water partition coefficient (Wildman–Crippen LogP) is 0.511. The Balaban J connectivity index is 2.24. The molecule has 0 aromatic carbocycles. The highest BCUT2D eigenvalue weighted by molar-refractivity contribution is 5.78. The molecule has 0 aliphatic carbocycles. The van der Waals surface area contributed by atoms with E-state index in [9.17, 15) is 4.79 Å². The summed E-state index contributed by atoms with van der Waals surface area (Å²) in [7, 11) is 0. The van der Waals surface area contributed by atoms with Crippen LogP contribution in [0, 0.1) is 5.92 Å². The van der Waals surface area contributed by atoms with Crippen molar-refractivity contribution in [1.29, 1.82) is 0 Å². The molecular formula is C9H18N2O. The van der Waals surface area contributed by atoms with Gasteiger partial charge in [0.25, 0.3) is 0 Å². The number of amides is 1. The molecule has 0 aromatic heterocycles. The molecule has 1 rings (SSSR count). The maximum absolute atomic E-state index is 11.3. The van der Waals surface area contributed by atoms with E-state index in [0.717, 1.165) is 19.5 Å². The SMILES string of the molecule is CC(C)C(=O)NC1CCCNC1. The minimum absolute atomic E-state index is 0.104. The molecule has 70 valence electrons. The van der Waals surface area contributed by atoms with Crippen molar-refractivity contribution in [3.63, 3.8) is 0 Å². The van der Waals surface area contributed by atoms with Crippen molar-refractivity contribution < 1.29 is 4.79 Å². The molecule has 1 fully saturated rings. The highest BCUT2D eigenvalue weighted by Gasteiger charge is 2.16. The third-order valence-corrected chi connectivity index (χ3v) is 2.17. The third kappa shape index (κ3) is 2.81. The molecule has 3 nitrogen and oxygen atoms in total. The van der Waals surface area contributed by atoms with Crippen LogP contribution >= 0.6 is 0 Å². The van der Waals surface area contributed by atoms with E-state index in [1.807, 2.05) is 13.8 Å². The zero-order valence-corrected chi connectivity index (χ0v) is 7.89. The lowest BCUT2D eigenvalue weighted by Gasteiger charge is -2.24. The average Bonchev–Trinajstić information content (AvgIpc) is 2.06. The quantitative estimate of drug-likeness (QED) is 0.634. The molecule has 1 aliphatic heterocycles. The molecule has 12 heavy (non-hydrogen) atoms. The van der Waals surface area contributed by atoms with Gasteiger partial charge in [-0.2, -0.15) is 0 Å². The number of carbonyl (C=O) groups is 1. The fourth-order valence-electron chi connectivity index (χ4n) is 1.34. The van der Waals surface area contributed by atoms with E-state index in [2.05, 4.69) is 10.6 Å². The van der Waals surface area contributed by atoms with Crippen LogP contribution in [0.15, 0.2) is 0 Å². The van der Waals surface area contributed by atoms with Crippen LogP contribution in [0.5, 0.6) is 0 Å². The van der Waals surface area contributed by atoms with Gasteiger partial charge in [-0.3, -0.25) is 4.79 Å². The second-order valence-electron chi connectivity index (χ2n) is 3.71. The summed E-state index contributed by atoms with van der Waals surface area (Å²) in [6, 6.07) is 0.355. The first-order valence-electron chi connectivity index (χ1n) is 4.71. The standard InChI is InChI=1S/C9H18N2O/c1-7(2)9(12)11-8-4-3-5-10-6-8/h7-8,10H,3-6H2,1-2H3,(H,11,12). The zero-order chi connectivity index (χ0) is 8.97. The molecule has 0 spiro atoms. The summed E-state index contributed by atoms with van der Waals surface area (Å²) in [5.74, 6) is 0.274. The highest BCUT2D eigenvalue weighted by Crippen LogP contribution is 2.02. The van der Waals surface area contributed by atoms with Crippen LogP contribution in [-0.2, 0) is 4.79 Å². The molecule has 1 atom stereocenters. The summed E-state index contributed by atoms with van der Waals surface area (Å²) in [5.41, 5.74) is 0. The smallest absolute Gasteiger partial charge is 0.222 e. The summed E-state index contributed by atoms with van der Waals surface area (Å²) in [6.45, 7) is 5.86. The first kappa shape index (κ1) is 9.52. The Bertz CT molecular complexity index is 151. The van der Waals surface area contributed by atoms with Crippen LogP contribution < -0.4 is 10.6 Å². The highest BCUT2D eigenvalue weighted by atomic mass is 16.1. The van der Waals surface area contributed by atoms with Crippen LogP contribution in [0.2, 0.25) is 0 Å². The lowest BCUT2D eigenvalue weighted by molar-refractivity contribution is -0.124. The second kappa shape index (κ2) is 4.45. The Morgan fingerprint density at radius 1 is 1.58 bits per heavy atom. The number of piperidine rings is 1. The number of carbonyl (C=O) groups excluding carboxylic acids is 1. The molecule has 1 unspecified atom stereocenters. The van der Waals surface area contributed by atoms with Gasteiger partial charge in [0.1, 0.15) is 0 Å². The fraction of sp³-hybridized carbons (Fsp3) is 0.889. The summed E-state index contributed by atoms with van der Waals surface area (Å²) < 4.78 is 0. The van der Waals surface area contributed by atoms with Crippen LogP contribution in [0.1, 0.15) is 26.7 Å². The lowest BCUT2D eigenvalue weighted by atomic mass is 10.1. The van der Waals surface area contributed by atoms with Gasteiger partial charge >= 0.3 is 0 Å². The van der Waals surface area contributed by atoms with Crippen molar-refractivity contribution in [3.8, 4) is 0 Å². The normalized spacial score (nSPS) is 24.1. The minimum Gasteiger partial charge on any atom is -0.352 e. The van der Waals surface area contributed by atoms with Crippen LogP contribution in [0.3, 0.4) is 0 Å². The van der Waals surface area contributed by atoms with Gasteiger partial charge in [-0.15, -0.1) is 0 Å². The first-order valence-corrected chi connectivity index (χ1v) is 4.71. The molecule has 1 aliphatic rings. The molecule has 0 aromatic rings. The van der Waals surface area contributed by atoms with Gasteiger partial charge in [-0.1, -0.05) is 13.8 Å². The van der Waals surface area contributed by atoms with Crippen molar-refractivity contribution in [2.75, 3.05) is 13.1 Å². The number of rotatable bonds is 2. The summed E-state index contributed by atoms with van der Waals surface area (Å²) in [4.78, 5) is 11.3. The molecule has 3 heteroatoms. The van der Waals surface area contributed by atoms with E-state index in [-0.39, 0.29) is 11.8 Å². The van der Waals surface area contributed by atoms with Crippen molar-refractivity contribution in [2.24, 2.45) is 5.92 Å². The minimum atomic E-state index is 0.104. The van der Waals surface area contributed by atoms with E-state index < -0.39 is 0 Å². The lowest BCUT2D eigenvalue weighted by Crippen LogP contribution is -2.46. The van der Waals surface area contributed by atoms with Gasteiger partial charge in [0.15, 0.2) is 0 Å². The molecule has 1 saturated heterocycles. The average molecular weight is 170 g/mol. The molecule has 0 bridgehead atoms. The number of nitrogens with one attached hydrogen (secondary N) is 2. The molecule has 0 radical (unpaired) electrons. The van der Waals surface area contributed by atoms with E-state index in [0.29, 0.717) is 6.04 Å². The van der Waals surface area contributed by atoms with Crippen LogP contribution in [0.25, 0.3) is 0 Å². The molecule has 1 amide bonds. The summed E-state index contributed by atoms with van der Waals surface area (Å²) in [6.07, 6.45) is 2.29. The maximum Gasteiger partial charge on any atom is 0.222 e. The number of hydrogen-bond acceptors (Lipinski definition) is 2. The zero-order valence-electron chi connectivity index (χ0n) is 7.89. The first-order chi connectivity index (χ1) is 5.70. The van der Waals surface area contributed by atoms with Crippen molar-refractivity contribution in [3.05, 3.63) is 0 Å². The Labute approximate surface area is 73.9 Å². The van der Waals surface area contributed by atoms with Crippen molar-refractivity contribution in [1.82, 2.24) is 10.6 Å². The Morgan fingerprint density at radius 3 is 2.83 bits per heavy atom. The Hall–Kier alpha value is -0.570. The van der Waals surface area contributed by atoms with Gasteiger partial charge in [-0.25, -0.2) is 0 Å². The van der Waals surface area contributed by atoms with E-state index in [1.54, 1.807) is 0 Å².